The Morgan fingerprint density at radius 2 is 1.92 bits per heavy atom. The van der Waals surface area contributed by atoms with Gasteiger partial charge in [0.05, 0.1) is 17.5 Å². The number of amides is 2. The minimum absolute atomic E-state index is 0.0292. The van der Waals surface area contributed by atoms with Crippen molar-refractivity contribution in [3.8, 4) is 0 Å². The molecule has 1 atom stereocenters. The maximum absolute atomic E-state index is 12.8. The molecule has 2 amide bonds. The van der Waals surface area contributed by atoms with Crippen molar-refractivity contribution in [1.29, 1.82) is 0 Å². The molecule has 0 saturated carbocycles. The highest BCUT2D eigenvalue weighted by atomic mass is 32.2. The molecule has 0 radical (unpaired) electrons. The molecule has 0 aromatic heterocycles. The lowest BCUT2D eigenvalue weighted by Crippen LogP contribution is -2.30. The maximum atomic E-state index is 12.8. The highest BCUT2D eigenvalue weighted by Gasteiger charge is 2.22. The second-order valence-electron chi connectivity index (χ2n) is 6.05. The van der Waals surface area contributed by atoms with Gasteiger partial charge in [0.15, 0.2) is 0 Å². The van der Waals surface area contributed by atoms with Gasteiger partial charge in [-0.2, -0.15) is 0 Å². The number of carbonyl (C=O) groups excluding carboxylic acids is 2. The number of hydrogen-bond donors (Lipinski definition) is 1. The number of fused-ring (bicyclic) bond motifs is 1. The fourth-order valence-corrected chi connectivity index (χ4v) is 3.45. The zero-order valence-corrected chi connectivity index (χ0v) is 14.8. The summed E-state index contributed by atoms with van der Waals surface area (Å²) in [6.07, 6.45) is 0. The number of nitrogens with zero attached hydrogens (tertiary/aromatic N) is 1. The summed E-state index contributed by atoms with van der Waals surface area (Å²) in [4.78, 5) is 27.1. The number of aryl methyl sites for hydroxylation is 1. The van der Waals surface area contributed by atoms with Gasteiger partial charge in [0.2, 0.25) is 5.91 Å². The van der Waals surface area contributed by atoms with E-state index in [-0.39, 0.29) is 17.9 Å². The van der Waals surface area contributed by atoms with Crippen molar-refractivity contribution in [3.63, 3.8) is 0 Å². The van der Waals surface area contributed by atoms with Gasteiger partial charge >= 0.3 is 0 Å². The van der Waals surface area contributed by atoms with Crippen LogP contribution < -0.4 is 5.32 Å². The van der Waals surface area contributed by atoms with E-state index in [2.05, 4.69) is 17.4 Å². The van der Waals surface area contributed by atoms with Gasteiger partial charge in [0, 0.05) is 17.5 Å². The number of anilines is 1. The summed E-state index contributed by atoms with van der Waals surface area (Å²) in [5.41, 5.74) is 3.60. The molecule has 24 heavy (non-hydrogen) atoms. The summed E-state index contributed by atoms with van der Waals surface area (Å²) in [7, 11) is 1.81. The molecule has 5 heteroatoms. The van der Waals surface area contributed by atoms with E-state index in [4.69, 9.17) is 0 Å². The van der Waals surface area contributed by atoms with Crippen LogP contribution in [0.25, 0.3) is 0 Å². The summed E-state index contributed by atoms with van der Waals surface area (Å²) in [5, 5.41) is 2.83. The van der Waals surface area contributed by atoms with E-state index in [1.165, 1.54) is 17.3 Å². The molecule has 1 heterocycles. The SMILES string of the molecule is Cc1ccc(C(C)N(C)C(=O)c2ccc3c(c2)NC(=O)CS3)cc1. The van der Waals surface area contributed by atoms with Gasteiger partial charge in [-0.3, -0.25) is 9.59 Å². The van der Waals surface area contributed by atoms with E-state index >= 15 is 0 Å². The Morgan fingerprint density at radius 3 is 2.62 bits per heavy atom. The lowest BCUT2D eigenvalue weighted by atomic mass is 10.0. The number of benzene rings is 2. The van der Waals surface area contributed by atoms with Gasteiger partial charge in [0.1, 0.15) is 0 Å². The number of thioether (sulfide) groups is 1. The quantitative estimate of drug-likeness (QED) is 0.923. The molecule has 0 bridgehead atoms. The predicted molar refractivity (Wildman–Crippen MR) is 97.5 cm³/mol. The molecule has 0 spiro atoms. The normalized spacial score (nSPS) is 14.5. The van der Waals surface area contributed by atoms with Crippen LogP contribution in [0.4, 0.5) is 5.69 Å². The van der Waals surface area contributed by atoms with Crippen LogP contribution >= 0.6 is 11.8 Å². The standard InChI is InChI=1S/C19H20N2O2S/c1-12-4-6-14(7-5-12)13(2)21(3)19(23)15-8-9-17-16(10-15)20-18(22)11-24-17/h4-10,13H,11H2,1-3H3,(H,20,22). The molecule has 2 aromatic rings. The Hall–Kier alpha value is -2.27. The summed E-state index contributed by atoms with van der Waals surface area (Å²) < 4.78 is 0. The molecule has 124 valence electrons. The summed E-state index contributed by atoms with van der Waals surface area (Å²) in [6.45, 7) is 4.06. The second kappa shape index (κ2) is 6.69. The summed E-state index contributed by atoms with van der Waals surface area (Å²) in [6, 6.07) is 13.7. The highest BCUT2D eigenvalue weighted by Crippen LogP contribution is 2.32. The first-order valence-corrected chi connectivity index (χ1v) is 8.84. The molecule has 2 aromatic carbocycles. The zero-order chi connectivity index (χ0) is 17.3. The topological polar surface area (TPSA) is 49.4 Å². The molecule has 1 aliphatic rings. The van der Waals surface area contributed by atoms with Gasteiger partial charge in [-0.25, -0.2) is 0 Å². The minimum Gasteiger partial charge on any atom is -0.335 e. The first-order chi connectivity index (χ1) is 11.5. The van der Waals surface area contributed by atoms with Crippen LogP contribution in [0.1, 0.15) is 34.5 Å². The summed E-state index contributed by atoms with van der Waals surface area (Å²) >= 11 is 1.49. The van der Waals surface area contributed by atoms with Gasteiger partial charge in [-0.1, -0.05) is 29.8 Å². The number of carbonyl (C=O) groups is 2. The molecular formula is C19H20N2O2S. The molecular weight excluding hydrogens is 320 g/mol. The van der Waals surface area contributed by atoms with E-state index in [0.29, 0.717) is 11.3 Å². The minimum atomic E-state index is -0.0595. The molecule has 3 rings (SSSR count). The average molecular weight is 340 g/mol. The zero-order valence-electron chi connectivity index (χ0n) is 14.0. The van der Waals surface area contributed by atoms with Crippen LogP contribution in [0.5, 0.6) is 0 Å². The monoisotopic (exact) mass is 340 g/mol. The highest BCUT2D eigenvalue weighted by molar-refractivity contribution is 8.00. The fraction of sp³-hybridized carbons (Fsp3) is 0.263. The Labute approximate surface area is 146 Å². The molecule has 4 nitrogen and oxygen atoms in total. The predicted octanol–water partition coefficient (Wildman–Crippen LogP) is 3.87. The van der Waals surface area contributed by atoms with Crippen molar-refractivity contribution < 1.29 is 9.59 Å². The Kier molecular flexibility index (Phi) is 4.62. The molecule has 1 N–H and O–H groups in total. The Bertz CT molecular complexity index is 786. The Morgan fingerprint density at radius 1 is 1.21 bits per heavy atom. The van der Waals surface area contributed by atoms with Crippen LogP contribution in [0, 0.1) is 6.92 Å². The van der Waals surface area contributed by atoms with Crippen LogP contribution in [0.2, 0.25) is 0 Å². The lowest BCUT2D eigenvalue weighted by Gasteiger charge is -2.26. The first kappa shape index (κ1) is 16.6. The third-order valence-electron chi connectivity index (χ3n) is 4.32. The number of hydrogen-bond acceptors (Lipinski definition) is 3. The maximum Gasteiger partial charge on any atom is 0.254 e. The van der Waals surface area contributed by atoms with Crippen molar-refractivity contribution in [3.05, 3.63) is 59.2 Å². The first-order valence-electron chi connectivity index (χ1n) is 7.86. The van der Waals surface area contributed by atoms with Crippen molar-refractivity contribution >= 4 is 29.3 Å². The third-order valence-corrected chi connectivity index (χ3v) is 5.39. The van der Waals surface area contributed by atoms with Gasteiger partial charge in [0.25, 0.3) is 5.91 Å². The molecule has 1 unspecified atom stereocenters. The van der Waals surface area contributed by atoms with E-state index < -0.39 is 0 Å². The van der Waals surface area contributed by atoms with E-state index in [1.807, 2.05) is 38.1 Å². The van der Waals surface area contributed by atoms with E-state index in [1.54, 1.807) is 18.0 Å². The van der Waals surface area contributed by atoms with E-state index in [9.17, 15) is 9.59 Å². The van der Waals surface area contributed by atoms with E-state index in [0.717, 1.165) is 16.1 Å². The van der Waals surface area contributed by atoms with Crippen LogP contribution in [-0.4, -0.2) is 29.5 Å². The molecule has 0 fully saturated rings. The summed E-state index contributed by atoms with van der Waals surface area (Å²) in [5.74, 6) is 0.333. The fourth-order valence-electron chi connectivity index (χ4n) is 2.66. The van der Waals surface area contributed by atoms with Crippen LogP contribution in [0.15, 0.2) is 47.4 Å². The van der Waals surface area contributed by atoms with Gasteiger partial charge in [-0.05, 0) is 37.6 Å². The lowest BCUT2D eigenvalue weighted by molar-refractivity contribution is -0.113. The number of rotatable bonds is 3. The third kappa shape index (κ3) is 3.31. The van der Waals surface area contributed by atoms with Crippen molar-refractivity contribution in [2.45, 2.75) is 24.8 Å². The van der Waals surface area contributed by atoms with Crippen LogP contribution in [-0.2, 0) is 4.79 Å². The largest absolute Gasteiger partial charge is 0.335 e. The van der Waals surface area contributed by atoms with Crippen molar-refractivity contribution in [1.82, 2.24) is 4.90 Å². The average Bonchev–Trinajstić information content (AvgIpc) is 2.59. The number of nitrogens with one attached hydrogen (secondary N) is 1. The Balaban J connectivity index is 1.81. The molecule has 0 saturated heterocycles. The van der Waals surface area contributed by atoms with Crippen LogP contribution in [0.3, 0.4) is 0 Å². The smallest absolute Gasteiger partial charge is 0.254 e. The molecule has 0 aliphatic carbocycles. The van der Waals surface area contributed by atoms with Gasteiger partial charge < -0.3 is 10.2 Å². The van der Waals surface area contributed by atoms with Crippen molar-refractivity contribution in [2.75, 3.05) is 18.1 Å². The van der Waals surface area contributed by atoms with Gasteiger partial charge in [-0.15, -0.1) is 11.8 Å². The molecule has 1 aliphatic heterocycles. The second-order valence-corrected chi connectivity index (χ2v) is 7.07. The van der Waals surface area contributed by atoms with Crippen molar-refractivity contribution in [2.24, 2.45) is 0 Å².